The fraction of sp³-hybridized carbons (Fsp3) is 0.364. The first-order valence-corrected chi connectivity index (χ1v) is 8.95. The fourth-order valence-corrected chi connectivity index (χ4v) is 3.69. The van der Waals surface area contributed by atoms with Gasteiger partial charge in [-0.1, -0.05) is 34.8 Å². The number of carbonyl (C=O) groups excluding carboxylic acids is 1. The molecule has 0 aliphatic heterocycles. The molecule has 1 aromatic rings. The van der Waals surface area contributed by atoms with Crippen molar-refractivity contribution in [2.24, 2.45) is 0 Å². The van der Waals surface area contributed by atoms with E-state index in [2.05, 4.69) is 5.32 Å². The largest absolute Gasteiger partial charge is 0.383 e. The minimum absolute atomic E-state index is 0.148. The average molecular weight is 395 g/mol. The number of ether oxygens (including phenoxy) is 1. The molecule has 0 fully saturated rings. The summed E-state index contributed by atoms with van der Waals surface area (Å²) in [5, 5.41) is 1.86. The zero-order valence-electron chi connectivity index (χ0n) is 10.9. The highest BCUT2D eigenvalue weighted by Crippen LogP contribution is 2.37. The number of hydrogen-bond donors (Lipinski definition) is 1. The van der Waals surface area contributed by atoms with Crippen LogP contribution < -0.4 is 5.32 Å². The van der Waals surface area contributed by atoms with Crippen LogP contribution in [-0.2, 0) is 13.8 Å². The van der Waals surface area contributed by atoms with E-state index in [0.717, 1.165) is 6.07 Å². The predicted octanol–water partition coefficient (Wildman–Crippen LogP) is 3.34. The molecule has 1 unspecified atom stereocenters. The molecule has 118 valence electrons. The topological polar surface area (TPSA) is 72.5 Å². The maximum absolute atomic E-state index is 12.2. The molecule has 21 heavy (non-hydrogen) atoms. The van der Waals surface area contributed by atoms with Crippen LogP contribution in [0, 0.1) is 0 Å². The van der Waals surface area contributed by atoms with Crippen molar-refractivity contribution in [1.82, 2.24) is 5.32 Å². The molecule has 0 aliphatic carbocycles. The maximum atomic E-state index is 12.2. The highest BCUT2D eigenvalue weighted by Gasteiger charge is 2.26. The molecule has 5 nitrogen and oxygen atoms in total. The SMILES string of the molecule is COCC(C)NC(=O)c1c(Cl)c(Cl)cc(S(=O)(=O)Cl)c1Cl. The van der Waals surface area contributed by atoms with Crippen LogP contribution in [0.5, 0.6) is 0 Å². The molecule has 1 N–H and O–H groups in total. The Labute approximate surface area is 141 Å². The molecule has 1 aromatic carbocycles. The number of methoxy groups -OCH3 is 1. The van der Waals surface area contributed by atoms with Gasteiger partial charge < -0.3 is 10.1 Å². The molecule has 1 amide bonds. The molecular formula is C11H11Cl4NO4S. The smallest absolute Gasteiger partial charge is 0.262 e. The van der Waals surface area contributed by atoms with E-state index in [1.54, 1.807) is 6.92 Å². The van der Waals surface area contributed by atoms with Crippen LogP contribution in [0.15, 0.2) is 11.0 Å². The molecule has 1 rings (SSSR count). The number of amides is 1. The third-order valence-electron chi connectivity index (χ3n) is 2.41. The van der Waals surface area contributed by atoms with E-state index >= 15 is 0 Å². The number of benzene rings is 1. The van der Waals surface area contributed by atoms with E-state index in [9.17, 15) is 13.2 Å². The lowest BCUT2D eigenvalue weighted by atomic mass is 10.2. The average Bonchev–Trinajstić information content (AvgIpc) is 2.32. The molecule has 0 saturated carbocycles. The van der Waals surface area contributed by atoms with Crippen molar-refractivity contribution >= 4 is 60.4 Å². The standard InChI is InChI=1S/C11H11Cl4NO4S/c1-5(4-20-2)16-11(17)8-9(13)6(12)3-7(10(8)14)21(15,18)19/h3,5H,4H2,1-2H3,(H,16,17). The van der Waals surface area contributed by atoms with Crippen LogP contribution in [0.1, 0.15) is 17.3 Å². The van der Waals surface area contributed by atoms with E-state index in [1.807, 2.05) is 0 Å². The summed E-state index contributed by atoms with van der Waals surface area (Å²) in [5.74, 6) is -0.682. The van der Waals surface area contributed by atoms with Crippen LogP contribution >= 0.6 is 45.5 Å². The molecule has 0 heterocycles. The second-order valence-corrected chi connectivity index (χ2v) is 7.82. The van der Waals surface area contributed by atoms with Gasteiger partial charge in [0.2, 0.25) is 0 Å². The second kappa shape index (κ2) is 7.35. The molecule has 0 aromatic heterocycles. The van der Waals surface area contributed by atoms with Crippen LogP contribution in [0.2, 0.25) is 15.1 Å². The van der Waals surface area contributed by atoms with E-state index in [0.29, 0.717) is 0 Å². The van der Waals surface area contributed by atoms with Gasteiger partial charge >= 0.3 is 0 Å². The van der Waals surface area contributed by atoms with Gasteiger partial charge in [0.05, 0.1) is 27.2 Å². The fourth-order valence-electron chi connectivity index (χ4n) is 1.55. The first kappa shape index (κ1) is 18.8. The first-order chi connectivity index (χ1) is 9.59. The first-order valence-electron chi connectivity index (χ1n) is 5.51. The van der Waals surface area contributed by atoms with Crippen molar-refractivity contribution in [3.8, 4) is 0 Å². The summed E-state index contributed by atoms with van der Waals surface area (Å²) in [6, 6.07) is 0.647. The van der Waals surface area contributed by atoms with E-state index in [-0.39, 0.29) is 33.3 Å². The van der Waals surface area contributed by atoms with Gasteiger partial charge in [0.15, 0.2) is 0 Å². The van der Waals surface area contributed by atoms with Crippen molar-refractivity contribution in [2.45, 2.75) is 17.9 Å². The van der Waals surface area contributed by atoms with Gasteiger partial charge in [-0.25, -0.2) is 8.42 Å². The summed E-state index contributed by atoms with van der Waals surface area (Å²) < 4.78 is 27.8. The van der Waals surface area contributed by atoms with Crippen LogP contribution in [-0.4, -0.2) is 34.1 Å². The molecule has 10 heteroatoms. The normalized spacial score (nSPS) is 13.0. The molecule has 0 spiro atoms. The van der Waals surface area contributed by atoms with Gasteiger partial charge in [-0.05, 0) is 13.0 Å². The number of carbonyl (C=O) groups is 1. The molecule has 0 radical (unpaired) electrons. The summed E-state index contributed by atoms with van der Waals surface area (Å²) in [4.78, 5) is 11.7. The van der Waals surface area contributed by atoms with Gasteiger partial charge in [0.1, 0.15) is 4.90 Å². The summed E-state index contributed by atoms with van der Waals surface area (Å²) in [6.45, 7) is 1.94. The van der Waals surface area contributed by atoms with Gasteiger partial charge in [0.25, 0.3) is 15.0 Å². The Hall–Kier alpha value is -0.240. The minimum Gasteiger partial charge on any atom is -0.383 e. The second-order valence-electron chi connectivity index (χ2n) is 4.13. The Kier molecular flexibility index (Phi) is 6.58. The van der Waals surface area contributed by atoms with Gasteiger partial charge in [-0.3, -0.25) is 4.79 Å². The molecular weight excluding hydrogens is 384 g/mol. The van der Waals surface area contributed by atoms with E-state index in [1.165, 1.54) is 7.11 Å². The molecule has 0 saturated heterocycles. The highest BCUT2D eigenvalue weighted by molar-refractivity contribution is 8.13. The Morgan fingerprint density at radius 1 is 1.33 bits per heavy atom. The van der Waals surface area contributed by atoms with Gasteiger partial charge in [-0.15, -0.1) is 0 Å². The maximum Gasteiger partial charge on any atom is 0.262 e. The molecule has 0 aliphatic rings. The van der Waals surface area contributed by atoms with Crippen molar-refractivity contribution in [3.05, 3.63) is 26.7 Å². The molecule has 0 bridgehead atoms. The van der Waals surface area contributed by atoms with Gasteiger partial charge in [-0.2, -0.15) is 0 Å². The lowest BCUT2D eigenvalue weighted by Crippen LogP contribution is -2.36. The number of halogens is 4. The number of rotatable bonds is 5. The quantitative estimate of drug-likeness (QED) is 0.613. The van der Waals surface area contributed by atoms with Crippen molar-refractivity contribution in [3.63, 3.8) is 0 Å². The third-order valence-corrected chi connectivity index (χ3v) is 5.04. The van der Waals surface area contributed by atoms with Crippen molar-refractivity contribution in [2.75, 3.05) is 13.7 Å². The Bertz CT molecular complexity index is 663. The van der Waals surface area contributed by atoms with E-state index in [4.69, 9.17) is 50.2 Å². The zero-order valence-corrected chi connectivity index (χ0v) is 14.8. The predicted molar refractivity (Wildman–Crippen MR) is 83.3 cm³/mol. The van der Waals surface area contributed by atoms with Crippen LogP contribution in [0.3, 0.4) is 0 Å². The van der Waals surface area contributed by atoms with Crippen molar-refractivity contribution < 1.29 is 17.9 Å². The summed E-state index contributed by atoms with van der Waals surface area (Å²) in [7, 11) is 2.55. The lowest BCUT2D eigenvalue weighted by molar-refractivity contribution is 0.0905. The zero-order chi connectivity index (χ0) is 16.4. The summed E-state index contributed by atoms with van der Waals surface area (Å²) in [6.07, 6.45) is 0. The summed E-state index contributed by atoms with van der Waals surface area (Å²) in [5.41, 5.74) is -0.256. The number of nitrogens with one attached hydrogen (secondary N) is 1. The van der Waals surface area contributed by atoms with E-state index < -0.39 is 19.9 Å². The Morgan fingerprint density at radius 2 is 1.90 bits per heavy atom. The highest BCUT2D eigenvalue weighted by atomic mass is 35.7. The monoisotopic (exact) mass is 393 g/mol. The van der Waals surface area contributed by atoms with Gasteiger partial charge in [0, 0.05) is 23.8 Å². The summed E-state index contributed by atoms with van der Waals surface area (Å²) >= 11 is 17.7. The van der Waals surface area contributed by atoms with Crippen LogP contribution in [0.4, 0.5) is 0 Å². The van der Waals surface area contributed by atoms with Crippen LogP contribution in [0.25, 0.3) is 0 Å². The number of hydrogen-bond acceptors (Lipinski definition) is 4. The minimum atomic E-state index is -4.17. The Morgan fingerprint density at radius 3 is 2.38 bits per heavy atom. The third kappa shape index (κ3) is 4.61. The Balaban J connectivity index is 3.36. The lowest BCUT2D eigenvalue weighted by Gasteiger charge is -2.16. The molecule has 1 atom stereocenters. The van der Waals surface area contributed by atoms with Crippen molar-refractivity contribution in [1.29, 1.82) is 0 Å².